The molecule has 2 unspecified atom stereocenters. The first kappa shape index (κ1) is 16.6. The maximum atomic E-state index is 12.8. The predicted molar refractivity (Wildman–Crippen MR) is 78.2 cm³/mol. The van der Waals surface area contributed by atoms with Gasteiger partial charge in [-0.05, 0) is 50.0 Å². The molecule has 1 aliphatic rings. The number of hydrogen-bond acceptors (Lipinski definition) is 2. The van der Waals surface area contributed by atoms with E-state index in [1.165, 1.54) is 0 Å². The molecule has 0 aromatic heterocycles. The molecule has 0 spiro atoms. The Labute approximate surface area is 128 Å². The van der Waals surface area contributed by atoms with Gasteiger partial charge in [0.1, 0.15) is 0 Å². The molecule has 2 atom stereocenters. The molecule has 0 aliphatic carbocycles. The number of nitrogens with two attached hydrogens (primary N) is 1. The highest BCUT2D eigenvalue weighted by Gasteiger charge is 2.41. The number of alkyl halides is 3. The molecule has 1 aromatic carbocycles. The summed E-state index contributed by atoms with van der Waals surface area (Å²) < 4.78 is 38.3. The van der Waals surface area contributed by atoms with Crippen LogP contribution in [0.3, 0.4) is 0 Å². The lowest BCUT2D eigenvalue weighted by Crippen LogP contribution is -2.42. The summed E-state index contributed by atoms with van der Waals surface area (Å²) in [5, 5.41) is 0.648. The van der Waals surface area contributed by atoms with E-state index in [0.29, 0.717) is 24.4 Å². The van der Waals surface area contributed by atoms with E-state index in [1.54, 1.807) is 12.1 Å². The number of nitrogens with zero attached hydrogens (tertiary/aromatic N) is 1. The molecule has 1 aromatic rings. The summed E-state index contributed by atoms with van der Waals surface area (Å²) in [6.07, 6.45) is -2.60. The van der Waals surface area contributed by atoms with Gasteiger partial charge in [-0.3, -0.25) is 0 Å². The molecule has 21 heavy (non-hydrogen) atoms. The predicted octanol–water partition coefficient (Wildman–Crippen LogP) is 4.00. The molecular formula is C15H20ClF3N2. The fourth-order valence-electron chi connectivity index (χ4n) is 2.72. The van der Waals surface area contributed by atoms with Crippen LogP contribution >= 0.6 is 11.6 Å². The maximum absolute atomic E-state index is 12.8. The summed E-state index contributed by atoms with van der Waals surface area (Å²) in [5.74, 6) is -1.20. The van der Waals surface area contributed by atoms with Crippen LogP contribution in [-0.2, 0) is 0 Å². The van der Waals surface area contributed by atoms with Crippen LogP contribution in [0.2, 0.25) is 5.02 Å². The number of rotatable bonds is 4. The number of hydrogen-bond donors (Lipinski definition) is 1. The van der Waals surface area contributed by atoms with Crippen molar-refractivity contribution in [3.05, 3.63) is 34.9 Å². The highest BCUT2D eigenvalue weighted by atomic mass is 35.5. The van der Waals surface area contributed by atoms with Crippen molar-refractivity contribution in [2.24, 2.45) is 11.7 Å². The minimum atomic E-state index is -4.09. The molecule has 2 N–H and O–H groups in total. The molecule has 118 valence electrons. The molecule has 0 amide bonds. The van der Waals surface area contributed by atoms with Crippen molar-refractivity contribution in [2.75, 3.05) is 19.6 Å². The second kappa shape index (κ2) is 6.99. The summed E-state index contributed by atoms with van der Waals surface area (Å²) >= 11 is 5.82. The third-order valence-electron chi connectivity index (χ3n) is 4.02. The third-order valence-corrected chi connectivity index (χ3v) is 4.27. The van der Waals surface area contributed by atoms with Crippen molar-refractivity contribution in [3.8, 4) is 0 Å². The Morgan fingerprint density at radius 2 is 1.95 bits per heavy atom. The molecule has 1 heterocycles. The molecule has 1 aliphatic heterocycles. The molecule has 0 saturated carbocycles. The zero-order valence-electron chi connectivity index (χ0n) is 11.7. The summed E-state index contributed by atoms with van der Waals surface area (Å²) in [4.78, 5) is 1.87. The van der Waals surface area contributed by atoms with E-state index in [9.17, 15) is 13.2 Å². The summed E-state index contributed by atoms with van der Waals surface area (Å²) in [6.45, 7) is 1.41. The Kier molecular flexibility index (Phi) is 5.52. The standard InChI is InChI=1S/C15H20ClF3N2/c16-13-5-3-11(4-6-13)14(20)7-9-21-8-1-2-12(10-21)15(17,18)19/h3-6,12,14H,1-2,7-10,20H2. The normalized spacial score (nSPS) is 22.2. The second-order valence-corrected chi connectivity index (χ2v) is 6.06. The molecule has 2 rings (SSSR count). The van der Waals surface area contributed by atoms with Gasteiger partial charge in [-0.15, -0.1) is 0 Å². The van der Waals surface area contributed by atoms with E-state index in [0.717, 1.165) is 12.1 Å². The monoisotopic (exact) mass is 320 g/mol. The minimum Gasteiger partial charge on any atom is -0.324 e. The minimum absolute atomic E-state index is 0.0941. The molecule has 1 saturated heterocycles. The Balaban J connectivity index is 1.83. The zero-order valence-corrected chi connectivity index (χ0v) is 12.5. The van der Waals surface area contributed by atoms with Gasteiger partial charge in [0.25, 0.3) is 0 Å². The maximum Gasteiger partial charge on any atom is 0.393 e. The smallest absolute Gasteiger partial charge is 0.324 e. The molecular weight excluding hydrogens is 301 g/mol. The Hall–Kier alpha value is -0.780. The molecule has 0 radical (unpaired) electrons. The first-order chi connectivity index (χ1) is 9.86. The second-order valence-electron chi connectivity index (χ2n) is 5.63. The zero-order chi connectivity index (χ0) is 15.5. The average Bonchev–Trinajstić information content (AvgIpc) is 2.45. The van der Waals surface area contributed by atoms with Crippen LogP contribution in [0.4, 0.5) is 13.2 Å². The van der Waals surface area contributed by atoms with E-state index < -0.39 is 12.1 Å². The Morgan fingerprint density at radius 1 is 1.29 bits per heavy atom. The van der Waals surface area contributed by atoms with Gasteiger partial charge in [0.15, 0.2) is 0 Å². The van der Waals surface area contributed by atoms with E-state index in [1.807, 2.05) is 17.0 Å². The van der Waals surface area contributed by atoms with E-state index in [2.05, 4.69) is 0 Å². The van der Waals surface area contributed by atoms with Gasteiger partial charge < -0.3 is 10.6 Å². The van der Waals surface area contributed by atoms with Gasteiger partial charge in [0.05, 0.1) is 5.92 Å². The van der Waals surface area contributed by atoms with E-state index in [4.69, 9.17) is 17.3 Å². The van der Waals surface area contributed by atoms with Gasteiger partial charge in [-0.1, -0.05) is 23.7 Å². The van der Waals surface area contributed by atoms with Gasteiger partial charge in [-0.25, -0.2) is 0 Å². The Bertz CT molecular complexity index is 447. The quantitative estimate of drug-likeness (QED) is 0.908. The number of halogens is 4. The molecule has 0 bridgehead atoms. The number of likely N-dealkylation sites (tertiary alicyclic amines) is 1. The average molecular weight is 321 g/mol. The van der Waals surface area contributed by atoms with Crippen molar-refractivity contribution in [2.45, 2.75) is 31.5 Å². The highest BCUT2D eigenvalue weighted by molar-refractivity contribution is 6.30. The number of benzene rings is 1. The summed E-state index contributed by atoms with van der Waals surface area (Å²) in [7, 11) is 0. The van der Waals surface area contributed by atoms with Crippen LogP contribution in [0.5, 0.6) is 0 Å². The van der Waals surface area contributed by atoms with Crippen LogP contribution in [0.15, 0.2) is 24.3 Å². The van der Waals surface area contributed by atoms with Crippen LogP contribution in [0.25, 0.3) is 0 Å². The van der Waals surface area contributed by atoms with Crippen LogP contribution < -0.4 is 5.73 Å². The Morgan fingerprint density at radius 3 is 2.57 bits per heavy atom. The lowest BCUT2D eigenvalue weighted by Gasteiger charge is -2.34. The van der Waals surface area contributed by atoms with Crippen molar-refractivity contribution in [1.82, 2.24) is 4.90 Å². The van der Waals surface area contributed by atoms with Gasteiger partial charge in [0, 0.05) is 17.6 Å². The van der Waals surface area contributed by atoms with Crippen molar-refractivity contribution >= 4 is 11.6 Å². The van der Waals surface area contributed by atoms with E-state index >= 15 is 0 Å². The van der Waals surface area contributed by atoms with Gasteiger partial charge in [-0.2, -0.15) is 13.2 Å². The van der Waals surface area contributed by atoms with Crippen molar-refractivity contribution in [1.29, 1.82) is 0 Å². The van der Waals surface area contributed by atoms with Crippen LogP contribution in [0, 0.1) is 5.92 Å². The van der Waals surface area contributed by atoms with Crippen LogP contribution in [-0.4, -0.2) is 30.7 Å². The van der Waals surface area contributed by atoms with Crippen molar-refractivity contribution in [3.63, 3.8) is 0 Å². The SMILES string of the molecule is NC(CCN1CCCC(C(F)(F)F)C1)c1ccc(Cl)cc1. The lowest BCUT2D eigenvalue weighted by atomic mass is 9.96. The first-order valence-electron chi connectivity index (χ1n) is 7.16. The fraction of sp³-hybridized carbons (Fsp3) is 0.600. The van der Waals surface area contributed by atoms with Gasteiger partial charge >= 0.3 is 6.18 Å². The molecule has 2 nitrogen and oxygen atoms in total. The van der Waals surface area contributed by atoms with Crippen molar-refractivity contribution < 1.29 is 13.2 Å². The molecule has 6 heteroatoms. The molecule has 1 fully saturated rings. The van der Waals surface area contributed by atoms with Gasteiger partial charge in [0.2, 0.25) is 0 Å². The first-order valence-corrected chi connectivity index (χ1v) is 7.54. The fourth-order valence-corrected chi connectivity index (χ4v) is 2.85. The summed E-state index contributed by atoms with van der Waals surface area (Å²) in [6, 6.07) is 7.10. The highest BCUT2D eigenvalue weighted by Crippen LogP contribution is 2.33. The lowest BCUT2D eigenvalue weighted by molar-refractivity contribution is -0.186. The van der Waals surface area contributed by atoms with Crippen LogP contribution in [0.1, 0.15) is 30.9 Å². The summed E-state index contributed by atoms with van der Waals surface area (Å²) in [5.41, 5.74) is 7.05. The third kappa shape index (κ3) is 4.87. The largest absolute Gasteiger partial charge is 0.393 e. The topological polar surface area (TPSA) is 29.3 Å². The number of piperidine rings is 1. The van der Waals surface area contributed by atoms with E-state index in [-0.39, 0.29) is 19.0 Å².